The topological polar surface area (TPSA) is 18.8 Å². The highest BCUT2D eigenvalue weighted by Crippen LogP contribution is 2.46. The molecule has 1 unspecified atom stereocenters. The van der Waals surface area contributed by atoms with E-state index in [1.807, 2.05) is 11.8 Å². The fourth-order valence-electron chi connectivity index (χ4n) is 4.47. The average Bonchev–Trinajstić information content (AvgIpc) is 2.78. The second-order valence-corrected chi connectivity index (χ2v) is 11.6. The third-order valence-electron chi connectivity index (χ3n) is 6.11. The van der Waals surface area contributed by atoms with Gasteiger partial charge in [-0.3, -0.25) is 4.99 Å². The number of aryl methyl sites for hydroxylation is 1. The number of nitrogens with zero attached hydrogens (tertiary/aromatic N) is 3. The van der Waals surface area contributed by atoms with Crippen LogP contribution < -0.4 is 4.90 Å². The van der Waals surface area contributed by atoms with Crippen LogP contribution in [0.1, 0.15) is 18.9 Å². The van der Waals surface area contributed by atoms with Gasteiger partial charge in [0.15, 0.2) is 0 Å². The summed E-state index contributed by atoms with van der Waals surface area (Å²) in [6.45, 7) is 9.15. The van der Waals surface area contributed by atoms with Crippen molar-refractivity contribution in [3.63, 3.8) is 0 Å². The molecule has 154 valence electrons. The lowest BCUT2D eigenvalue weighted by atomic mass is 9.96. The Hall–Kier alpha value is -0.980. The summed E-state index contributed by atoms with van der Waals surface area (Å²) < 4.78 is 0. The molecule has 0 radical (unpaired) electrons. The first kappa shape index (κ1) is 20.0. The summed E-state index contributed by atoms with van der Waals surface area (Å²) in [6, 6.07) is 4.75. The molecule has 29 heavy (non-hydrogen) atoms. The Labute approximate surface area is 187 Å². The molecule has 0 amide bonds. The van der Waals surface area contributed by atoms with Crippen LogP contribution in [-0.4, -0.2) is 65.1 Å². The predicted octanol–water partition coefficient (Wildman–Crippen LogP) is 5.38. The minimum absolute atomic E-state index is 0.346. The van der Waals surface area contributed by atoms with E-state index in [9.17, 15) is 0 Å². The average molecular weight is 444 g/mol. The van der Waals surface area contributed by atoms with Gasteiger partial charge in [-0.25, -0.2) is 0 Å². The Balaban J connectivity index is 1.49. The van der Waals surface area contributed by atoms with Gasteiger partial charge in [0, 0.05) is 65.5 Å². The Bertz CT molecular complexity index is 878. The Morgan fingerprint density at radius 1 is 1.00 bits per heavy atom. The first-order chi connectivity index (χ1) is 14.2. The number of rotatable bonds is 3. The second kappa shape index (κ2) is 8.64. The molecule has 0 N–H and O–H groups in total. The molecule has 6 heteroatoms. The van der Waals surface area contributed by atoms with Crippen LogP contribution in [0.5, 0.6) is 0 Å². The van der Waals surface area contributed by atoms with Gasteiger partial charge in [0.2, 0.25) is 0 Å². The first-order valence-corrected chi connectivity index (χ1v) is 13.9. The van der Waals surface area contributed by atoms with Crippen LogP contribution in [0.4, 0.5) is 11.4 Å². The molecule has 2 fully saturated rings. The van der Waals surface area contributed by atoms with Crippen molar-refractivity contribution < 1.29 is 0 Å². The lowest BCUT2D eigenvalue weighted by Gasteiger charge is -2.35. The monoisotopic (exact) mass is 443 g/mol. The summed E-state index contributed by atoms with van der Waals surface area (Å²) in [5.74, 6) is 4.95. The number of allylic oxidation sites excluding steroid dienone is 2. The summed E-state index contributed by atoms with van der Waals surface area (Å²) in [5.41, 5.74) is 8.01. The molecule has 0 bridgehead atoms. The standard InChI is InChI=1S/C23H29N3S3/c1-3-17-13-19(26-6-10-28-11-7-26)15-21-23(17)24-22-16(2)12-18(14-20(22)29-21)25-4-8-27-9-5-25/h12-15,21H,3-11H2,1-2H3. The molecule has 0 spiro atoms. The lowest BCUT2D eigenvalue weighted by Crippen LogP contribution is -2.35. The molecule has 5 rings (SSSR count). The van der Waals surface area contributed by atoms with E-state index in [2.05, 4.69) is 71.5 Å². The van der Waals surface area contributed by atoms with Gasteiger partial charge in [0.1, 0.15) is 0 Å². The normalized spacial score (nSPS) is 24.3. The van der Waals surface area contributed by atoms with E-state index < -0.39 is 0 Å². The Kier molecular flexibility index (Phi) is 5.94. The molecule has 1 atom stereocenters. The second-order valence-electron chi connectivity index (χ2n) is 7.96. The van der Waals surface area contributed by atoms with Crippen LogP contribution >= 0.6 is 35.3 Å². The molecule has 3 nitrogen and oxygen atoms in total. The van der Waals surface area contributed by atoms with Crippen molar-refractivity contribution in [1.82, 2.24) is 4.90 Å². The van der Waals surface area contributed by atoms with Gasteiger partial charge in [-0.15, -0.1) is 11.8 Å². The van der Waals surface area contributed by atoms with Crippen molar-refractivity contribution in [3.8, 4) is 0 Å². The molecular formula is C23H29N3S3. The summed E-state index contributed by atoms with van der Waals surface area (Å²) in [4.78, 5) is 11.7. The third kappa shape index (κ3) is 4.00. The number of hydrogen-bond acceptors (Lipinski definition) is 6. The van der Waals surface area contributed by atoms with E-state index >= 15 is 0 Å². The van der Waals surface area contributed by atoms with E-state index in [1.54, 1.807) is 0 Å². The largest absolute Gasteiger partial charge is 0.370 e. The summed E-state index contributed by atoms with van der Waals surface area (Å²) in [7, 11) is 0. The highest BCUT2D eigenvalue weighted by molar-refractivity contribution is 8.01. The fraction of sp³-hybridized carbons (Fsp3) is 0.522. The van der Waals surface area contributed by atoms with Gasteiger partial charge < -0.3 is 9.80 Å². The molecule has 1 aromatic rings. The fourth-order valence-corrected chi connectivity index (χ4v) is 7.58. The first-order valence-electron chi connectivity index (χ1n) is 10.7. The van der Waals surface area contributed by atoms with E-state index in [-0.39, 0.29) is 0 Å². The zero-order valence-electron chi connectivity index (χ0n) is 17.3. The molecule has 1 aliphatic carbocycles. The number of anilines is 1. The highest BCUT2D eigenvalue weighted by atomic mass is 32.2. The molecule has 3 heterocycles. The van der Waals surface area contributed by atoms with Gasteiger partial charge >= 0.3 is 0 Å². The third-order valence-corrected chi connectivity index (χ3v) is 9.18. The van der Waals surface area contributed by atoms with Gasteiger partial charge in [-0.2, -0.15) is 23.5 Å². The number of benzene rings is 1. The number of thioether (sulfide) groups is 3. The predicted molar refractivity (Wildman–Crippen MR) is 133 cm³/mol. The zero-order valence-corrected chi connectivity index (χ0v) is 19.8. The maximum Gasteiger partial charge on any atom is 0.0800 e. The van der Waals surface area contributed by atoms with Crippen molar-refractivity contribution in [2.24, 2.45) is 4.99 Å². The van der Waals surface area contributed by atoms with Crippen molar-refractivity contribution in [2.75, 3.05) is 54.1 Å². The maximum atomic E-state index is 5.22. The van der Waals surface area contributed by atoms with Gasteiger partial charge in [-0.05, 0) is 48.8 Å². The highest BCUT2D eigenvalue weighted by Gasteiger charge is 2.30. The van der Waals surface area contributed by atoms with Crippen LogP contribution in [0.2, 0.25) is 0 Å². The molecule has 3 aliphatic heterocycles. The lowest BCUT2D eigenvalue weighted by molar-refractivity contribution is 0.391. The van der Waals surface area contributed by atoms with Crippen molar-refractivity contribution in [3.05, 3.63) is 41.1 Å². The van der Waals surface area contributed by atoms with Crippen molar-refractivity contribution >= 4 is 52.4 Å². The van der Waals surface area contributed by atoms with Gasteiger partial charge in [0.25, 0.3) is 0 Å². The quantitative estimate of drug-likeness (QED) is 0.623. The van der Waals surface area contributed by atoms with Crippen LogP contribution in [0.15, 0.2) is 45.4 Å². The number of hydrogen-bond donors (Lipinski definition) is 0. The van der Waals surface area contributed by atoms with E-state index in [0.29, 0.717) is 5.25 Å². The Morgan fingerprint density at radius 3 is 2.38 bits per heavy atom. The number of fused-ring (bicyclic) bond motifs is 2. The summed E-state index contributed by atoms with van der Waals surface area (Å²) >= 11 is 6.15. The molecular weight excluding hydrogens is 414 g/mol. The SMILES string of the molecule is CCC1=CC(N2CCSCC2)=CC2Sc3cc(N4CCSCC4)cc(C)c3N=C12. The minimum atomic E-state index is 0.346. The Morgan fingerprint density at radius 2 is 1.69 bits per heavy atom. The van der Waals surface area contributed by atoms with Gasteiger partial charge in [0.05, 0.1) is 16.6 Å². The van der Waals surface area contributed by atoms with E-state index in [1.165, 1.54) is 74.9 Å². The number of aliphatic imine (C=N–C) groups is 1. The van der Waals surface area contributed by atoms with E-state index in [4.69, 9.17) is 4.99 Å². The smallest absolute Gasteiger partial charge is 0.0800 e. The van der Waals surface area contributed by atoms with Gasteiger partial charge in [-0.1, -0.05) is 6.92 Å². The van der Waals surface area contributed by atoms with Crippen LogP contribution in [0.25, 0.3) is 0 Å². The minimum Gasteiger partial charge on any atom is -0.370 e. The summed E-state index contributed by atoms with van der Waals surface area (Å²) in [5, 5.41) is 0.346. The zero-order chi connectivity index (χ0) is 19.8. The molecule has 0 aromatic heterocycles. The molecule has 0 saturated carbocycles. The van der Waals surface area contributed by atoms with Crippen molar-refractivity contribution in [2.45, 2.75) is 30.4 Å². The molecule has 4 aliphatic rings. The maximum absolute atomic E-state index is 5.22. The van der Waals surface area contributed by atoms with Crippen LogP contribution in [-0.2, 0) is 0 Å². The molecule has 2 saturated heterocycles. The van der Waals surface area contributed by atoms with E-state index in [0.717, 1.165) is 19.5 Å². The molecule has 1 aromatic carbocycles. The van der Waals surface area contributed by atoms with Crippen LogP contribution in [0.3, 0.4) is 0 Å². The van der Waals surface area contributed by atoms with Crippen LogP contribution in [0, 0.1) is 6.92 Å². The summed E-state index contributed by atoms with van der Waals surface area (Å²) in [6.07, 6.45) is 5.93. The van der Waals surface area contributed by atoms with Crippen molar-refractivity contribution in [1.29, 1.82) is 0 Å².